The number of aromatic nitrogens is 2. The monoisotopic (exact) mass is 290 g/mol. The van der Waals surface area contributed by atoms with Crippen LogP contribution in [0.1, 0.15) is 5.56 Å². The number of ether oxygens (including phenoxy) is 2. The van der Waals surface area contributed by atoms with Gasteiger partial charge in [-0.15, -0.1) is 0 Å². The highest BCUT2D eigenvalue weighted by molar-refractivity contribution is 5.56. The maximum absolute atomic E-state index is 10.7. The third-order valence-corrected chi connectivity index (χ3v) is 2.79. The van der Waals surface area contributed by atoms with Gasteiger partial charge in [0, 0.05) is 19.2 Å². The first-order valence-electron chi connectivity index (χ1n) is 6.06. The number of aryl methyl sites for hydroxylation is 1. The first-order valence-corrected chi connectivity index (χ1v) is 6.06. The van der Waals surface area contributed by atoms with Gasteiger partial charge in [0.1, 0.15) is 12.1 Å². The third-order valence-electron chi connectivity index (χ3n) is 2.79. The molecule has 0 bridgehead atoms. The number of non-ortho nitro benzene ring substituents is 1. The smallest absolute Gasteiger partial charge is 0.269 e. The zero-order valence-electron chi connectivity index (χ0n) is 11.8. The van der Waals surface area contributed by atoms with E-state index in [0.29, 0.717) is 22.9 Å². The van der Waals surface area contributed by atoms with Gasteiger partial charge in [-0.25, -0.2) is 4.98 Å². The van der Waals surface area contributed by atoms with E-state index in [0.717, 1.165) is 0 Å². The summed E-state index contributed by atoms with van der Waals surface area (Å²) < 4.78 is 10.9. The zero-order chi connectivity index (χ0) is 15.4. The van der Waals surface area contributed by atoms with Gasteiger partial charge in [0.2, 0.25) is 5.75 Å². The Morgan fingerprint density at radius 3 is 2.67 bits per heavy atom. The summed E-state index contributed by atoms with van der Waals surface area (Å²) in [7, 11) is 3.18. The summed E-state index contributed by atoms with van der Waals surface area (Å²) in [5.41, 5.74) is 0.626. The van der Waals surface area contributed by atoms with Gasteiger partial charge in [-0.1, -0.05) is 0 Å². The molecule has 21 heavy (non-hydrogen) atoms. The Kier molecular flexibility index (Phi) is 4.17. The molecule has 1 N–H and O–H groups in total. The number of rotatable bonds is 5. The minimum Gasteiger partial charge on any atom is -0.489 e. The highest BCUT2D eigenvalue weighted by Crippen LogP contribution is 2.35. The van der Waals surface area contributed by atoms with E-state index < -0.39 is 4.92 Å². The van der Waals surface area contributed by atoms with Crippen LogP contribution >= 0.6 is 0 Å². The van der Waals surface area contributed by atoms with Crippen LogP contribution in [0, 0.1) is 17.0 Å². The van der Waals surface area contributed by atoms with Crippen LogP contribution in [0.2, 0.25) is 0 Å². The molecule has 0 fully saturated rings. The van der Waals surface area contributed by atoms with Crippen LogP contribution in [-0.2, 0) is 0 Å². The molecule has 1 aromatic carbocycles. The van der Waals surface area contributed by atoms with E-state index in [-0.39, 0.29) is 11.6 Å². The highest BCUT2D eigenvalue weighted by Gasteiger charge is 2.15. The van der Waals surface area contributed by atoms with Crippen LogP contribution in [0.25, 0.3) is 0 Å². The zero-order valence-corrected chi connectivity index (χ0v) is 11.8. The highest BCUT2D eigenvalue weighted by atomic mass is 16.6. The van der Waals surface area contributed by atoms with Gasteiger partial charge in [0.05, 0.1) is 12.0 Å². The lowest BCUT2D eigenvalue weighted by Gasteiger charge is -2.12. The van der Waals surface area contributed by atoms with Gasteiger partial charge in [-0.2, -0.15) is 4.98 Å². The fraction of sp³-hybridized carbons (Fsp3) is 0.231. The lowest BCUT2D eigenvalue weighted by Crippen LogP contribution is -2.01. The van der Waals surface area contributed by atoms with Crippen molar-refractivity contribution in [3.05, 3.63) is 40.2 Å². The molecule has 2 aromatic rings. The second-order valence-electron chi connectivity index (χ2n) is 4.12. The predicted molar refractivity (Wildman–Crippen MR) is 76.0 cm³/mol. The topological polar surface area (TPSA) is 99.4 Å². The van der Waals surface area contributed by atoms with E-state index in [1.165, 1.54) is 31.6 Å². The molecule has 8 nitrogen and oxygen atoms in total. The second-order valence-corrected chi connectivity index (χ2v) is 4.12. The number of hydrogen-bond donors (Lipinski definition) is 1. The number of methoxy groups -OCH3 is 1. The Hall–Kier alpha value is -2.90. The summed E-state index contributed by atoms with van der Waals surface area (Å²) in [6, 6.07) is 4.32. The van der Waals surface area contributed by atoms with Crippen molar-refractivity contribution in [2.75, 3.05) is 19.5 Å². The molecule has 0 radical (unpaired) electrons. The Balaban J connectivity index is 2.36. The largest absolute Gasteiger partial charge is 0.489 e. The van der Waals surface area contributed by atoms with Crippen molar-refractivity contribution in [1.29, 1.82) is 0 Å². The summed E-state index contributed by atoms with van der Waals surface area (Å²) in [6.07, 6.45) is 1.34. The van der Waals surface area contributed by atoms with Crippen molar-refractivity contribution in [2.24, 2.45) is 0 Å². The van der Waals surface area contributed by atoms with Crippen molar-refractivity contribution in [1.82, 2.24) is 9.97 Å². The summed E-state index contributed by atoms with van der Waals surface area (Å²) in [5, 5.41) is 13.6. The molecule has 110 valence electrons. The van der Waals surface area contributed by atoms with Gasteiger partial charge < -0.3 is 14.8 Å². The molecule has 1 heterocycles. The number of nitro groups is 1. The van der Waals surface area contributed by atoms with Gasteiger partial charge in [0.25, 0.3) is 11.6 Å². The number of benzene rings is 1. The van der Waals surface area contributed by atoms with Gasteiger partial charge >= 0.3 is 0 Å². The fourth-order valence-electron chi connectivity index (χ4n) is 1.76. The van der Waals surface area contributed by atoms with Crippen LogP contribution in [0.3, 0.4) is 0 Å². The minimum absolute atomic E-state index is 0.00502. The number of hydrogen-bond acceptors (Lipinski definition) is 7. The van der Waals surface area contributed by atoms with E-state index >= 15 is 0 Å². The fourth-order valence-corrected chi connectivity index (χ4v) is 1.76. The normalized spacial score (nSPS) is 10.0. The minimum atomic E-state index is -0.457. The van der Waals surface area contributed by atoms with E-state index in [4.69, 9.17) is 9.47 Å². The van der Waals surface area contributed by atoms with Gasteiger partial charge in [-0.05, 0) is 18.6 Å². The number of nitro benzene ring substituents is 1. The van der Waals surface area contributed by atoms with E-state index in [1.54, 1.807) is 14.0 Å². The van der Waals surface area contributed by atoms with Crippen molar-refractivity contribution in [2.45, 2.75) is 6.92 Å². The molecule has 0 unspecified atom stereocenters. The molecule has 8 heteroatoms. The Bertz CT molecular complexity index is 675. The van der Waals surface area contributed by atoms with Crippen LogP contribution < -0.4 is 14.8 Å². The van der Waals surface area contributed by atoms with E-state index in [9.17, 15) is 10.1 Å². The first-order chi connectivity index (χ1) is 10.1. The standard InChI is InChI=1S/C13H14N4O4/c1-8-6-9(17(18)19)4-5-10(8)21-13-11(20-3)12(14-2)15-7-16-13/h4-7H,1-3H3,(H,14,15,16). The van der Waals surface area contributed by atoms with Crippen LogP contribution in [0.4, 0.5) is 11.5 Å². The molecule has 2 rings (SSSR count). The molecule has 0 atom stereocenters. The number of nitrogens with one attached hydrogen (secondary N) is 1. The molecule has 0 saturated heterocycles. The molecule has 0 spiro atoms. The van der Waals surface area contributed by atoms with Crippen LogP contribution in [-0.4, -0.2) is 29.0 Å². The Labute approximate surface area is 120 Å². The summed E-state index contributed by atoms with van der Waals surface area (Å²) in [5.74, 6) is 1.54. The molecule has 0 aliphatic carbocycles. The molecular formula is C13H14N4O4. The second kappa shape index (κ2) is 6.04. The molecular weight excluding hydrogens is 276 g/mol. The summed E-state index contributed by atoms with van der Waals surface area (Å²) >= 11 is 0. The quantitative estimate of drug-likeness (QED) is 0.667. The Morgan fingerprint density at radius 1 is 1.33 bits per heavy atom. The third kappa shape index (κ3) is 2.99. The molecule has 0 aliphatic heterocycles. The van der Waals surface area contributed by atoms with Gasteiger partial charge in [0.15, 0.2) is 5.82 Å². The lowest BCUT2D eigenvalue weighted by molar-refractivity contribution is -0.384. The average molecular weight is 290 g/mol. The number of anilines is 1. The van der Waals surface area contributed by atoms with Crippen LogP contribution in [0.5, 0.6) is 17.4 Å². The van der Waals surface area contributed by atoms with Crippen molar-refractivity contribution in [3.8, 4) is 17.4 Å². The summed E-state index contributed by atoms with van der Waals surface area (Å²) in [6.45, 7) is 1.72. The maximum Gasteiger partial charge on any atom is 0.269 e. The van der Waals surface area contributed by atoms with Crippen molar-refractivity contribution < 1.29 is 14.4 Å². The molecule has 0 amide bonds. The first kappa shape index (κ1) is 14.5. The van der Waals surface area contributed by atoms with E-state index in [2.05, 4.69) is 15.3 Å². The Morgan fingerprint density at radius 2 is 2.10 bits per heavy atom. The van der Waals surface area contributed by atoms with Crippen molar-refractivity contribution >= 4 is 11.5 Å². The van der Waals surface area contributed by atoms with Crippen molar-refractivity contribution in [3.63, 3.8) is 0 Å². The number of nitrogens with zero attached hydrogens (tertiary/aromatic N) is 3. The van der Waals surface area contributed by atoms with Gasteiger partial charge in [-0.3, -0.25) is 10.1 Å². The molecule has 0 aliphatic rings. The molecule has 0 saturated carbocycles. The summed E-state index contributed by atoms with van der Waals surface area (Å²) in [4.78, 5) is 18.3. The predicted octanol–water partition coefficient (Wildman–Crippen LogP) is 2.54. The lowest BCUT2D eigenvalue weighted by atomic mass is 10.2. The maximum atomic E-state index is 10.7. The molecule has 1 aromatic heterocycles. The van der Waals surface area contributed by atoms with Crippen LogP contribution in [0.15, 0.2) is 24.5 Å². The SMILES string of the molecule is CNc1ncnc(Oc2ccc([N+](=O)[O-])cc2C)c1OC. The van der Waals surface area contributed by atoms with E-state index in [1.807, 2.05) is 0 Å². The average Bonchev–Trinajstić information content (AvgIpc) is 2.48.